The standard InChI is InChI=1S/C16H28N4O8/c1-8(2)5-11(20-14(25)9(17)7-21)15(26)18-6-12(22)19-10(16(27)28)3-4-13(23)24/h8-11,21H,3-7,17H2,1-2H3,(H,18,26)(H,19,22)(H,20,25)(H,23,24)(H,27,28). The van der Waals surface area contributed by atoms with Crippen LogP contribution in [0.5, 0.6) is 0 Å². The fourth-order valence-electron chi connectivity index (χ4n) is 2.13. The van der Waals surface area contributed by atoms with Crippen LogP contribution in [0.25, 0.3) is 0 Å². The molecule has 12 nitrogen and oxygen atoms in total. The number of aliphatic hydroxyl groups is 1. The Hall–Kier alpha value is -2.73. The summed E-state index contributed by atoms with van der Waals surface area (Å²) in [5, 5.41) is 33.3. The first-order valence-corrected chi connectivity index (χ1v) is 8.66. The Morgan fingerprint density at radius 3 is 2.04 bits per heavy atom. The number of aliphatic carboxylic acids is 2. The molecule has 0 fully saturated rings. The summed E-state index contributed by atoms with van der Waals surface area (Å²) < 4.78 is 0. The predicted octanol–water partition coefficient (Wildman–Crippen LogP) is -2.61. The van der Waals surface area contributed by atoms with Gasteiger partial charge in [0.2, 0.25) is 17.7 Å². The molecule has 0 radical (unpaired) electrons. The van der Waals surface area contributed by atoms with Gasteiger partial charge in [0.25, 0.3) is 0 Å². The van der Waals surface area contributed by atoms with Crippen LogP contribution in [-0.2, 0) is 24.0 Å². The number of rotatable bonds is 13. The van der Waals surface area contributed by atoms with E-state index in [1.165, 1.54) is 0 Å². The van der Waals surface area contributed by atoms with Gasteiger partial charge in [0.1, 0.15) is 18.1 Å². The van der Waals surface area contributed by atoms with Crippen molar-refractivity contribution in [2.24, 2.45) is 11.7 Å². The quantitative estimate of drug-likeness (QED) is 0.171. The van der Waals surface area contributed by atoms with Gasteiger partial charge in [-0.3, -0.25) is 19.2 Å². The molecule has 0 aromatic carbocycles. The molecular formula is C16H28N4O8. The van der Waals surface area contributed by atoms with Crippen molar-refractivity contribution < 1.29 is 39.3 Å². The van der Waals surface area contributed by atoms with Crippen LogP contribution < -0.4 is 21.7 Å². The number of carbonyl (C=O) groups excluding carboxylic acids is 3. The summed E-state index contributed by atoms with van der Waals surface area (Å²) in [6.07, 6.45) is -0.514. The number of hydrogen-bond donors (Lipinski definition) is 7. The van der Waals surface area contributed by atoms with Crippen LogP contribution in [0.2, 0.25) is 0 Å². The van der Waals surface area contributed by atoms with Crippen molar-refractivity contribution in [1.29, 1.82) is 0 Å². The van der Waals surface area contributed by atoms with E-state index in [-0.39, 0.29) is 18.8 Å². The minimum atomic E-state index is -1.41. The second-order valence-electron chi connectivity index (χ2n) is 6.59. The molecule has 3 amide bonds. The van der Waals surface area contributed by atoms with E-state index >= 15 is 0 Å². The van der Waals surface area contributed by atoms with Crippen molar-refractivity contribution in [3.63, 3.8) is 0 Å². The van der Waals surface area contributed by atoms with E-state index in [9.17, 15) is 24.0 Å². The molecule has 0 rings (SSSR count). The Morgan fingerprint density at radius 1 is 0.964 bits per heavy atom. The smallest absolute Gasteiger partial charge is 0.326 e. The summed E-state index contributed by atoms with van der Waals surface area (Å²) in [4.78, 5) is 57.5. The molecule has 0 aliphatic rings. The van der Waals surface area contributed by atoms with Gasteiger partial charge >= 0.3 is 11.9 Å². The van der Waals surface area contributed by atoms with E-state index in [1.54, 1.807) is 0 Å². The zero-order valence-electron chi connectivity index (χ0n) is 15.8. The minimum Gasteiger partial charge on any atom is -0.481 e. The normalized spacial score (nSPS) is 13.9. The molecule has 0 heterocycles. The average molecular weight is 404 g/mol. The highest BCUT2D eigenvalue weighted by molar-refractivity contribution is 5.92. The van der Waals surface area contributed by atoms with Gasteiger partial charge < -0.3 is 37.0 Å². The maximum absolute atomic E-state index is 12.3. The number of aliphatic hydroxyl groups excluding tert-OH is 1. The van der Waals surface area contributed by atoms with Gasteiger partial charge in [0.15, 0.2) is 0 Å². The zero-order valence-corrected chi connectivity index (χ0v) is 15.8. The molecule has 28 heavy (non-hydrogen) atoms. The summed E-state index contributed by atoms with van der Waals surface area (Å²) in [5.74, 6) is -4.83. The lowest BCUT2D eigenvalue weighted by Crippen LogP contribution is -2.54. The molecular weight excluding hydrogens is 376 g/mol. The molecule has 0 aromatic heterocycles. The number of hydrogen-bond acceptors (Lipinski definition) is 7. The van der Waals surface area contributed by atoms with Crippen LogP contribution in [0, 0.1) is 5.92 Å². The highest BCUT2D eigenvalue weighted by Gasteiger charge is 2.25. The number of nitrogens with one attached hydrogen (secondary N) is 3. The molecule has 8 N–H and O–H groups in total. The summed E-state index contributed by atoms with van der Waals surface area (Å²) in [6, 6.07) is -3.61. The number of carbonyl (C=O) groups is 5. The van der Waals surface area contributed by atoms with E-state index in [4.69, 9.17) is 21.1 Å². The maximum atomic E-state index is 12.3. The van der Waals surface area contributed by atoms with Gasteiger partial charge in [-0.1, -0.05) is 13.8 Å². The molecule has 0 aliphatic heterocycles. The Balaban J connectivity index is 4.76. The fourth-order valence-corrected chi connectivity index (χ4v) is 2.13. The van der Waals surface area contributed by atoms with E-state index in [1.807, 2.05) is 13.8 Å². The van der Waals surface area contributed by atoms with Gasteiger partial charge in [-0.25, -0.2) is 4.79 Å². The summed E-state index contributed by atoms with van der Waals surface area (Å²) in [6.45, 7) is 2.46. The number of carboxylic acids is 2. The highest BCUT2D eigenvalue weighted by atomic mass is 16.4. The van der Waals surface area contributed by atoms with Crippen LogP contribution in [0.1, 0.15) is 33.1 Å². The molecule has 0 aliphatic carbocycles. The van der Waals surface area contributed by atoms with Crippen LogP contribution in [-0.4, -0.2) is 76.3 Å². The fraction of sp³-hybridized carbons (Fsp3) is 0.688. The average Bonchev–Trinajstić information content (AvgIpc) is 2.60. The monoisotopic (exact) mass is 404 g/mol. The molecule has 0 aromatic rings. The van der Waals surface area contributed by atoms with Crippen LogP contribution in [0.4, 0.5) is 0 Å². The summed E-state index contributed by atoms with van der Waals surface area (Å²) >= 11 is 0. The first-order chi connectivity index (χ1) is 13.0. The molecule has 0 spiro atoms. The van der Waals surface area contributed by atoms with Crippen LogP contribution in [0.15, 0.2) is 0 Å². The van der Waals surface area contributed by atoms with Crippen molar-refractivity contribution in [1.82, 2.24) is 16.0 Å². The first-order valence-electron chi connectivity index (χ1n) is 8.66. The SMILES string of the molecule is CC(C)CC(NC(=O)C(N)CO)C(=O)NCC(=O)NC(CCC(=O)O)C(=O)O. The Labute approximate surface area is 161 Å². The van der Waals surface area contributed by atoms with Gasteiger partial charge in [-0.2, -0.15) is 0 Å². The van der Waals surface area contributed by atoms with Crippen molar-refractivity contribution in [2.75, 3.05) is 13.2 Å². The molecule has 3 atom stereocenters. The second-order valence-corrected chi connectivity index (χ2v) is 6.59. The lowest BCUT2D eigenvalue weighted by molar-refractivity contribution is -0.143. The van der Waals surface area contributed by atoms with Gasteiger partial charge in [0.05, 0.1) is 13.2 Å². The molecule has 12 heteroatoms. The largest absolute Gasteiger partial charge is 0.481 e. The third-order valence-electron chi connectivity index (χ3n) is 3.58. The van der Waals surface area contributed by atoms with E-state index in [0.29, 0.717) is 0 Å². The number of carboxylic acid groups (broad SMARTS) is 2. The third kappa shape index (κ3) is 10.4. The van der Waals surface area contributed by atoms with E-state index in [2.05, 4.69) is 16.0 Å². The van der Waals surface area contributed by atoms with Crippen molar-refractivity contribution in [2.45, 2.75) is 51.2 Å². The molecule has 3 unspecified atom stereocenters. The molecule has 160 valence electrons. The number of amides is 3. The molecule has 0 saturated heterocycles. The predicted molar refractivity (Wildman–Crippen MR) is 95.9 cm³/mol. The molecule has 0 saturated carbocycles. The van der Waals surface area contributed by atoms with Crippen molar-refractivity contribution in [3.05, 3.63) is 0 Å². The third-order valence-corrected chi connectivity index (χ3v) is 3.58. The van der Waals surface area contributed by atoms with Crippen LogP contribution in [0.3, 0.4) is 0 Å². The maximum Gasteiger partial charge on any atom is 0.326 e. The van der Waals surface area contributed by atoms with Crippen molar-refractivity contribution >= 4 is 29.7 Å². The van der Waals surface area contributed by atoms with Gasteiger partial charge in [-0.15, -0.1) is 0 Å². The summed E-state index contributed by atoms with van der Waals surface area (Å²) in [7, 11) is 0. The van der Waals surface area contributed by atoms with Gasteiger partial charge in [-0.05, 0) is 18.8 Å². The Bertz CT molecular complexity index is 581. The lowest BCUT2D eigenvalue weighted by Gasteiger charge is -2.21. The second kappa shape index (κ2) is 12.6. The Morgan fingerprint density at radius 2 is 1.57 bits per heavy atom. The Kier molecular flexibility index (Phi) is 11.4. The van der Waals surface area contributed by atoms with Gasteiger partial charge in [0, 0.05) is 6.42 Å². The highest BCUT2D eigenvalue weighted by Crippen LogP contribution is 2.05. The number of nitrogens with two attached hydrogens (primary N) is 1. The van der Waals surface area contributed by atoms with E-state index in [0.717, 1.165) is 0 Å². The zero-order chi connectivity index (χ0) is 21.9. The van der Waals surface area contributed by atoms with Crippen molar-refractivity contribution in [3.8, 4) is 0 Å². The molecule has 0 bridgehead atoms. The van der Waals surface area contributed by atoms with E-state index < -0.39 is 67.4 Å². The van der Waals surface area contributed by atoms with Crippen LogP contribution >= 0.6 is 0 Å². The topological polar surface area (TPSA) is 208 Å². The summed E-state index contributed by atoms with van der Waals surface area (Å²) in [5.41, 5.74) is 5.40. The lowest BCUT2D eigenvalue weighted by atomic mass is 10.0. The minimum absolute atomic E-state index is 0.0163. The first kappa shape index (κ1) is 25.3.